The second-order valence-corrected chi connectivity index (χ2v) is 7.56. The Balaban J connectivity index is 2.18. The molecule has 0 aliphatic carbocycles. The molecule has 0 saturated carbocycles. The Bertz CT molecular complexity index is 796. The summed E-state index contributed by atoms with van der Waals surface area (Å²) in [6.45, 7) is 5.58. The molecule has 1 amide bonds. The highest BCUT2D eigenvalue weighted by Gasteiger charge is 2.29. The summed E-state index contributed by atoms with van der Waals surface area (Å²) in [4.78, 5) is 12.5. The van der Waals surface area contributed by atoms with Gasteiger partial charge in [-0.15, -0.1) is 0 Å². The predicted octanol–water partition coefficient (Wildman–Crippen LogP) is 1.50. The fraction of sp³-hybridized carbons (Fsp3) is 0.375. The lowest BCUT2D eigenvalue weighted by Gasteiger charge is -2.28. The highest BCUT2D eigenvalue weighted by molar-refractivity contribution is 7.92. The van der Waals surface area contributed by atoms with Crippen LogP contribution in [-0.4, -0.2) is 36.8 Å². The van der Waals surface area contributed by atoms with E-state index in [4.69, 9.17) is 0 Å². The molecular weight excluding hydrogens is 328 g/mol. The number of para-hydroxylation sites is 1. The maximum atomic E-state index is 12.5. The number of carbonyl (C=O) groups is 1. The number of aromatic amines is 1. The van der Waals surface area contributed by atoms with E-state index in [0.717, 1.165) is 27.5 Å². The lowest BCUT2D eigenvalue weighted by atomic mass is 10.2. The van der Waals surface area contributed by atoms with Crippen LogP contribution in [0.3, 0.4) is 0 Å². The number of aryl methyl sites for hydroxylation is 2. The van der Waals surface area contributed by atoms with Crippen molar-refractivity contribution in [3.8, 4) is 0 Å². The quantitative estimate of drug-likeness (QED) is 0.825. The highest BCUT2D eigenvalue weighted by Crippen LogP contribution is 2.20. The first-order valence-electron chi connectivity index (χ1n) is 7.54. The molecule has 0 aliphatic heterocycles. The molecule has 0 aliphatic rings. The summed E-state index contributed by atoms with van der Waals surface area (Å²) in [5, 5.41) is 9.72. The predicted molar refractivity (Wildman–Crippen MR) is 93.1 cm³/mol. The summed E-state index contributed by atoms with van der Waals surface area (Å²) in [5.41, 5.74) is 3.05. The number of anilines is 1. The molecular formula is C16H22N4O3S. The number of sulfonamides is 1. The summed E-state index contributed by atoms with van der Waals surface area (Å²) < 4.78 is 25.4. The minimum Gasteiger partial charge on any atom is -0.350 e. The first-order chi connectivity index (χ1) is 11.2. The van der Waals surface area contributed by atoms with Crippen molar-refractivity contribution in [2.45, 2.75) is 33.4 Å². The van der Waals surface area contributed by atoms with Crippen LogP contribution in [0.15, 0.2) is 30.3 Å². The third-order valence-corrected chi connectivity index (χ3v) is 5.06. The lowest BCUT2D eigenvalue weighted by Crippen LogP contribution is -2.47. The van der Waals surface area contributed by atoms with Gasteiger partial charge in [0, 0.05) is 17.8 Å². The number of rotatable bonds is 6. The number of nitrogens with zero attached hydrogens (tertiary/aromatic N) is 2. The van der Waals surface area contributed by atoms with E-state index in [1.807, 2.05) is 13.8 Å². The average molecular weight is 350 g/mol. The molecule has 7 nitrogen and oxygen atoms in total. The topological polar surface area (TPSA) is 95.2 Å². The molecule has 2 rings (SSSR count). The van der Waals surface area contributed by atoms with Gasteiger partial charge >= 0.3 is 0 Å². The highest BCUT2D eigenvalue weighted by atomic mass is 32.2. The Morgan fingerprint density at radius 1 is 1.29 bits per heavy atom. The number of amides is 1. The zero-order valence-electron chi connectivity index (χ0n) is 14.2. The number of nitrogens with one attached hydrogen (secondary N) is 2. The van der Waals surface area contributed by atoms with E-state index in [9.17, 15) is 13.2 Å². The Morgan fingerprint density at radius 2 is 1.92 bits per heavy atom. The number of hydrogen-bond acceptors (Lipinski definition) is 4. The smallest absolute Gasteiger partial charge is 0.243 e. The van der Waals surface area contributed by atoms with Crippen molar-refractivity contribution in [1.29, 1.82) is 0 Å². The standard InChI is InChI=1S/C16H22N4O3S/c1-11-15(12(2)19-18-11)10-17-16(21)13(3)20(24(4,22)23)14-8-6-5-7-9-14/h5-9,13H,10H2,1-4H3,(H,17,21)(H,18,19)/t13-/m1/s1. The summed E-state index contributed by atoms with van der Waals surface area (Å²) in [5.74, 6) is -0.371. The van der Waals surface area contributed by atoms with E-state index < -0.39 is 16.1 Å². The van der Waals surface area contributed by atoms with Crippen LogP contribution in [0.1, 0.15) is 23.9 Å². The zero-order valence-corrected chi connectivity index (χ0v) is 15.0. The molecule has 0 unspecified atom stereocenters. The van der Waals surface area contributed by atoms with Crippen molar-refractivity contribution in [2.75, 3.05) is 10.6 Å². The Morgan fingerprint density at radius 3 is 2.42 bits per heavy atom. The van der Waals surface area contributed by atoms with E-state index in [1.165, 1.54) is 0 Å². The van der Waals surface area contributed by atoms with Crippen LogP contribution in [0.4, 0.5) is 5.69 Å². The van der Waals surface area contributed by atoms with Crippen LogP contribution < -0.4 is 9.62 Å². The van der Waals surface area contributed by atoms with Gasteiger partial charge in [-0.25, -0.2) is 8.42 Å². The Hall–Kier alpha value is -2.35. The third kappa shape index (κ3) is 3.94. The molecule has 0 bridgehead atoms. The number of hydrogen-bond donors (Lipinski definition) is 2. The normalized spacial score (nSPS) is 12.7. The number of H-pyrrole nitrogens is 1. The summed E-state index contributed by atoms with van der Waals surface area (Å²) >= 11 is 0. The fourth-order valence-electron chi connectivity index (χ4n) is 2.54. The number of benzene rings is 1. The molecule has 2 aromatic rings. The minimum atomic E-state index is -3.60. The van der Waals surface area contributed by atoms with Gasteiger partial charge in [-0.05, 0) is 32.9 Å². The van der Waals surface area contributed by atoms with Crippen LogP contribution in [0, 0.1) is 13.8 Å². The molecule has 0 radical (unpaired) electrons. The largest absolute Gasteiger partial charge is 0.350 e. The van der Waals surface area contributed by atoms with Gasteiger partial charge in [-0.3, -0.25) is 14.2 Å². The molecule has 0 saturated heterocycles. The second kappa shape index (κ2) is 7.04. The maximum absolute atomic E-state index is 12.5. The van der Waals surface area contributed by atoms with Crippen molar-refractivity contribution in [1.82, 2.24) is 15.5 Å². The molecule has 1 aromatic heterocycles. The molecule has 1 aromatic carbocycles. The summed E-state index contributed by atoms with van der Waals surface area (Å²) in [6.07, 6.45) is 1.09. The zero-order chi connectivity index (χ0) is 17.9. The summed E-state index contributed by atoms with van der Waals surface area (Å²) in [7, 11) is -3.60. The van der Waals surface area contributed by atoms with Gasteiger partial charge in [0.1, 0.15) is 6.04 Å². The van der Waals surface area contributed by atoms with Gasteiger partial charge in [0.15, 0.2) is 0 Å². The van der Waals surface area contributed by atoms with Crippen LogP contribution in [0.25, 0.3) is 0 Å². The minimum absolute atomic E-state index is 0.295. The molecule has 1 atom stereocenters. The van der Waals surface area contributed by atoms with Gasteiger partial charge in [0.05, 0.1) is 17.6 Å². The van der Waals surface area contributed by atoms with Crippen molar-refractivity contribution in [3.05, 3.63) is 47.3 Å². The average Bonchev–Trinajstić information content (AvgIpc) is 2.83. The second-order valence-electron chi connectivity index (χ2n) is 5.70. The van der Waals surface area contributed by atoms with Crippen molar-refractivity contribution in [3.63, 3.8) is 0 Å². The van der Waals surface area contributed by atoms with Gasteiger partial charge in [-0.1, -0.05) is 18.2 Å². The van der Waals surface area contributed by atoms with E-state index in [2.05, 4.69) is 15.5 Å². The van der Waals surface area contributed by atoms with Crippen LogP contribution >= 0.6 is 0 Å². The van der Waals surface area contributed by atoms with E-state index in [0.29, 0.717) is 12.2 Å². The molecule has 0 fully saturated rings. The SMILES string of the molecule is Cc1n[nH]c(C)c1CNC(=O)[C@@H](C)N(c1ccccc1)S(C)(=O)=O. The lowest BCUT2D eigenvalue weighted by molar-refractivity contribution is -0.122. The van der Waals surface area contributed by atoms with Gasteiger partial charge < -0.3 is 5.32 Å². The molecule has 2 N–H and O–H groups in total. The van der Waals surface area contributed by atoms with Crippen molar-refractivity contribution in [2.24, 2.45) is 0 Å². The van der Waals surface area contributed by atoms with Crippen LogP contribution in [0.5, 0.6) is 0 Å². The van der Waals surface area contributed by atoms with Crippen LogP contribution in [0.2, 0.25) is 0 Å². The fourth-order valence-corrected chi connectivity index (χ4v) is 3.72. The maximum Gasteiger partial charge on any atom is 0.243 e. The van der Waals surface area contributed by atoms with Crippen LogP contribution in [-0.2, 0) is 21.4 Å². The number of carbonyl (C=O) groups excluding carboxylic acids is 1. The van der Waals surface area contributed by atoms with E-state index in [-0.39, 0.29) is 5.91 Å². The first-order valence-corrected chi connectivity index (χ1v) is 9.39. The molecule has 130 valence electrons. The Labute approximate surface area is 142 Å². The first kappa shape index (κ1) is 18.0. The van der Waals surface area contributed by atoms with Gasteiger partial charge in [0.25, 0.3) is 0 Å². The van der Waals surface area contributed by atoms with Gasteiger partial charge in [-0.2, -0.15) is 5.10 Å². The monoisotopic (exact) mass is 350 g/mol. The van der Waals surface area contributed by atoms with Gasteiger partial charge in [0.2, 0.25) is 15.9 Å². The van der Waals surface area contributed by atoms with Crippen molar-refractivity contribution < 1.29 is 13.2 Å². The van der Waals surface area contributed by atoms with E-state index >= 15 is 0 Å². The number of aromatic nitrogens is 2. The molecule has 8 heteroatoms. The van der Waals surface area contributed by atoms with Crippen molar-refractivity contribution >= 4 is 21.6 Å². The molecule has 0 spiro atoms. The molecule has 1 heterocycles. The molecule has 24 heavy (non-hydrogen) atoms. The van der Waals surface area contributed by atoms with E-state index in [1.54, 1.807) is 37.3 Å². The Kier molecular flexibility index (Phi) is 5.28. The summed E-state index contributed by atoms with van der Waals surface area (Å²) in [6, 6.07) is 7.71. The third-order valence-electron chi connectivity index (χ3n) is 3.82.